The standard InChI is InChI=1S/C23H22F3N2O8P.CH2F2/c1-31-14-3-7-16(8-4-14)35-37(36-17-9-5-15(32-2)6-10-17)33-13-18-11-23(25,26)21(34-18)28-12-19(24)20(29)27-22(28)30;2-1-3/h3-10,12,18,21H,11,13H2,1-2H3,(H,27,29,30);1H2. The van der Waals surface area contributed by atoms with Gasteiger partial charge in [0.2, 0.25) is 19.0 Å². The molecule has 1 aliphatic rings. The minimum Gasteiger partial charge on any atom is -0.497 e. The van der Waals surface area contributed by atoms with Gasteiger partial charge in [0.15, 0.2) is 0 Å². The summed E-state index contributed by atoms with van der Waals surface area (Å²) in [5, 5.41) is 0. The third-order valence-corrected chi connectivity index (χ3v) is 6.28. The van der Waals surface area contributed by atoms with Crippen LogP contribution in [0.15, 0.2) is 64.3 Å². The Kier molecular flexibility index (Phi) is 10.9. The molecule has 0 bridgehead atoms. The van der Waals surface area contributed by atoms with Crippen molar-refractivity contribution in [1.29, 1.82) is 0 Å². The maximum absolute atomic E-state index is 14.7. The van der Waals surface area contributed by atoms with Crippen LogP contribution in [0.5, 0.6) is 23.0 Å². The predicted molar refractivity (Wildman–Crippen MR) is 132 cm³/mol. The number of ether oxygens (including phenoxy) is 3. The zero-order chi connectivity index (χ0) is 29.3. The minimum absolute atomic E-state index is 0.307. The fraction of sp³-hybridized carbons (Fsp3) is 0.333. The number of nitrogens with zero attached hydrogens (tertiary/aromatic N) is 1. The third kappa shape index (κ3) is 8.16. The van der Waals surface area contributed by atoms with Gasteiger partial charge in [-0.25, -0.2) is 22.4 Å². The van der Waals surface area contributed by atoms with Gasteiger partial charge >= 0.3 is 14.3 Å². The van der Waals surface area contributed by atoms with Crippen molar-refractivity contribution in [3.63, 3.8) is 0 Å². The molecular formula is C24H24F5N2O8P. The van der Waals surface area contributed by atoms with Gasteiger partial charge in [-0.2, -0.15) is 4.39 Å². The largest absolute Gasteiger partial charge is 0.497 e. The summed E-state index contributed by atoms with van der Waals surface area (Å²) in [5.41, 5.74) is -2.55. The van der Waals surface area contributed by atoms with Crippen LogP contribution in [-0.2, 0) is 9.26 Å². The van der Waals surface area contributed by atoms with Crippen LogP contribution in [0, 0.1) is 5.82 Å². The lowest BCUT2D eigenvalue weighted by Gasteiger charge is -2.20. The van der Waals surface area contributed by atoms with E-state index in [1.807, 2.05) is 0 Å². The predicted octanol–water partition coefficient (Wildman–Crippen LogP) is 4.90. The highest BCUT2D eigenvalue weighted by atomic mass is 31.2. The first-order valence-electron chi connectivity index (χ1n) is 11.3. The molecule has 3 aromatic rings. The maximum Gasteiger partial charge on any atom is 0.463 e. The molecule has 1 aliphatic heterocycles. The number of methoxy groups -OCH3 is 2. The van der Waals surface area contributed by atoms with Gasteiger partial charge in [-0.1, -0.05) is 0 Å². The molecule has 2 atom stereocenters. The second kappa shape index (κ2) is 14.1. The Morgan fingerprint density at radius 1 is 0.950 bits per heavy atom. The van der Waals surface area contributed by atoms with Crippen molar-refractivity contribution in [2.24, 2.45) is 0 Å². The Balaban J connectivity index is 0.00000141. The van der Waals surface area contributed by atoms with Crippen LogP contribution in [-0.4, -0.2) is 49.3 Å². The number of benzene rings is 2. The molecule has 4 rings (SSSR count). The van der Waals surface area contributed by atoms with Crippen molar-refractivity contribution in [1.82, 2.24) is 9.55 Å². The Morgan fingerprint density at radius 2 is 1.43 bits per heavy atom. The van der Waals surface area contributed by atoms with Gasteiger partial charge in [0, 0.05) is 6.42 Å². The van der Waals surface area contributed by atoms with Crippen LogP contribution >= 0.6 is 8.60 Å². The van der Waals surface area contributed by atoms with Gasteiger partial charge in [0.05, 0.1) is 33.1 Å². The molecule has 0 radical (unpaired) electrons. The molecule has 218 valence electrons. The van der Waals surface area contributed by atoms with Crippen LogP contribution in [0.25, 0.3) is 0 Å². The zero-order valence-electron chi connectivity index (χ0n) is 21.0. The lowest BCUT2D eigenvalue weighted by Crippen LogP contribution is -2.38. The van der Waals surface area contributed by atoms with E-state index in [4.69, 9.17) is 27.8 Å². The highest BCUT2D eigenvalue weighted by Gasteiger charge is 2.52. The molecule has 1 fully saturated rings. The van der Waals surface area contributed by atoms with Crippen molar-refractivity contribution < 1.29 is 49.7 Å². The summed E-state index contributed by atoms with van der Waals surface area (Å²) >= 11 is 0. The van der Waals surface area contributed by atoms with Crippen molar-refractivity contribution in [3.05, 3.63) is 81.4 Å². The molecule has 1 N–H and O–H groups in total. The molecule has 0 spiro atoms. The quantitative estimate of drug-likeness (QED) is 0.261. The van der Waals surface area contributed by atoms with Crippen molar-refractivity contribution >= 4 is 8.60 Å². The number of nitrogens with one attached hydrogen (secondary N) is 1. The first-order chi connectivity index (χ1) is 19.1. The van der Waals surface area contributed by atoms with Crippen LogP contribution in [0.1, 0.15) is 12.6 Å². The molecule has 2 aromatic carbocycles. The molecule has 2 unspecified atom stereocenters. The lowest BCUT2D eigenvalue weighted by molar-refractivity contribution is -0.120. The topological polar surface area (TPSA) is 110 Å². The summed E-state index contributed by atoms with van der Waals surface area (Å²) in [7, 11) is 0.871. The average Bonchev–Trinajstić information content (AvgIpc) is 3.24. The van der Waals surface area contributed by atoms with E-state index < -0.39 is 63.9 Å². The van der Waals surface area contributed by atoms with Crippen LogP contribution in [0.4, 0.5) is 22.0 Å². The average molecular weight is 594 g/mol. The third-order valence-electron chi connectivity index (χ3n) is 5.20. The summed E-state index contributed by atoms with van der Waals surface area (Å²) in [6.45, 7) is -2.15. The minimum atomic E-state index is -3.56. The number of rotatable bonds is 10. The van der Waals surface area contributed by atoms with E-state index in [0.29, 0.717) is 33.8 Å². The molecule has 0 saturated carbocycles. The van der Waals surface area contributed by atoms with Crippen molar-refractivity contribution in [2.75, 3.05) is 27.8 Å². The smallest absolute Gasteiger partial charge is 0.463 e. The molecule has 10 nitrogen and oxygen atoms in total. The number of aromatic amines is 1. The molecule has 0 amide bonds. The monoisotopic (exact) mass is 594 g/mol. The summed E-state index contributed by atoms with van der Waals surface area (Å²) in [6, 6.07) is 13.1. The molecule has 1 saturated heterocycles. The van der Waals surface area contributed by atoms with Crippen LogP contribution < -0.4 is 29.8 Å². The molecule has 40 heavy (non-hydrogen) atoms. The first-order valence-corrected chi connectivity index (χ1v) is 12.4. The van der Waals surface area contributed by atoms with Gasteiger partial charge in [0.1, 0.15) is 23.0 Å². The number of aromatic nitrogens is 2. The van der Waals surface area contributed by atoms with Gasteiger partial charge in [-0.05, 0) is 48.5 Å². The Labute approximate surface area is 225 Å². The van der Waals surface area contributed by atoms with Gasteiger partial charge in [-0.3, -0.25) is 18.9 Å². The molecule has 16 heteroatoms. The number of H-pyrrole nitrogens is 1. The molecular weight excluding hydrogens is 570 g/mol. The normalized spacial score (nSPS) is 17.6. The summed E-state index contributed by atoms with van der Waals surface area (Å²) in [4.78, 5) is 24.9. The van der Waals surface area contributed by atoms with Gasteiger partial charge in [-0.15, -0.1) is 0 Å². The number of hydrogen-bond donors (Lipinski definition) is 1. The molecule has 1 aromatic heterocycles. The number of hydrogen-bond acceptors (Lipinski definition) is 8. The molecule has 0 aliphatic carbocycles. The van der Waals surface area contributed by atoms with Crippen LogP contribution in [0.3, 0.4) is 0 Å². The van der Waals surface area contributed by atoms with E-state index in [1.165, 1.54) is 14.2 Å². The Hall–Kier alpha value is -3.68. The maximum atomic E-state index is 14.7. The summed E-state index contributed by atoms with van der Waals surface area (Å²) in [6.07, 6.45) is -3.80. The number of halogens is 5. The van der Waals surface area contributed by atoms with E-state index in [0.717, 1.165) is 0 Å². The highest BCUT2D eigenvalue weighted by Crippen LogP contribution is 2.46. The van der Waals surface area contributed by atoms with E-state index in [9.17, 15) is 31.5 Å². The van der Waals surface area contributed by atoms with E-state index in [2.05, 4.69) is 0 Å². The Morgan fingerprint density at radius 3 is 1.90 bits per heavy atom. The fourth-order valence-electron chi connectivity index (χ4n) is 3.40. The zero-order valence-corrected chi connectivity index (χ0v) is 21.9. The van der Waals surface area contributed by atoms with E-state index in [-0.39, 0.29) is 0 Å². The summed E-state index contributed by atoms with van der Waals surface area (Å²) in [5.74, 6) is -3.04. The van der Waals surface area contributed by atoms with E-state index >= 15 is 0 Å². The van der Waals surface area contributed by atoms with Crippen molar-refractivity contribution in [2.45, 2.75) is 24.7 Å². The summed E-state index contributed by atoms with van der Waals surface area (Å²) < 4.78 is 95.4. The number of alkyl halides is 4. The second-order valence-corrected chi connectivity index (χ2v) is 8.94. The lowest BCUT2D eigenvalue weighted by atomic mass is 10.2. The van der Waals surface area contributed by atoms with E-state index in [1.54, 1.807) is 53.5 Å². The van der Waals surface area contributed by atoms with Crippen LogP contribution in [0.2, 0.25) is 0 Å². The Bertz CT molecular complexity index is 1290. The van der Waals surface area contributed by atoms with Gasteiger partial charge < -0.3 is 23.3 Å². The fourth-order valence-corrected chi connectivity index (χ4v) is 4.42. The van der Waals surface area contributed by atoms with Crippen molar-refractivity contribution in [3.8, 4) is 23.0 Å². The highest BCUT2D eigenvalue weighted by molar-refractivity contribution is 7.42. The molecule has 2 heterocycles. The SMILES string of the molecule is COc1ccc(OP(OCC2CC(F)(F)C(n3cc(F)c(=O)[nH]c3=O)O2)Oc2ccc(OC)cc2)cc1.FCF. The second-order valence-electron chi connectivity index (χ2n) is 7.87. The first kappa shape index (κ1) is 30.9. The van der Waals surface area contributed by atoms with Gasteiger partial charge in [0.25, 0.3) is 11.5 Å².